The lowest BCUT2D eigenvalue weighted by molar-refractivity contribution is 0.0972. The van der Waals surface area contributed by atoms with E-state index in [9.17, 15) is 9.59 Å². The molecule has 0 saturated heterocycles. The molecule has 6 heteroatoms. The average molecular weight is 288 g/mol. The van der Waals surface area contributed by atoms with Gasteiger partial charge in [0.1, 0.15) is 5.69 Å². The molecule has 2 aromatic rings. The van der Waals surface area contributed by atoms with Crippen LogP contribution >= 0.6 is 0 Å². The summed E-state index contributed by atoms with van der Waals surface area (Å²) >= 11 is 0. The number of nitrogens with one attached hydrogen (secondary N) is 1. The Hall–Kier alpha value is -2.50. The Labute approximate surface area is 123 Å². The maximum absolute atomic E-state index is 12.2. The number of rotatable bonds is 5. The van der Waals surface area contributed by atoms with Gasteiger partial charge in [-0.1, -0.05) is 6.92 Å². The molecule has 0 radical (unpaired) electrons. The van der Waals surface area contributed by atoms with E-state index in [0.717, 1.165) is 6.42 Å². The summed E-state index contributed by atoms with van der Waals surface area (Å²) in [5.74, 6) is -0.182. The summed E-state index contributed by atoms with van der Waals surface area (Å²) in [7, 11) is 3.55. The minimum atomic E-state index is -0.255. The summed E-state index contributed by atoms with van der Waals surface area (Å²) < 4.78 is 3.39. The number of nitrogen functional groups attached to an aromatic ring is 1. The van der Waals surface area contributed by atoms with Crippen LogP contribution in [0.25, 0.3) is 0 Å². The molecule has 0 atom stereocenters. The van der Waals surface area contributed by atoms with Crippen molar-refractivity contribution in [2.45, 2.75) is 19.8 Å². The summed E-state index contributed by atoms with van der Waals surface area (Å²) in [5, 5.41) is 2.78. The molecule has 1 amide bonds. The van der Waals surface area contributed by atoms with Gasteiger partial charge in [-0.2, -0.15) is 0 Å². The molecule has 2 rings (SSSR count). The van der Waals surface area contributed by atoms with Crippen molar-refractivity contribution in [2.24, 2.45) is 14.1 Å². The molecule has 0 unspecified atom stereocenters. The van der Waals surface area contributed by atoms with E-state index in [1.807, 2.05) is 6.92 Å². The molecule has 21 heavy (non-hydrogen) atoms. The Morgan fingerprint density at radius 1 is 1.14 bits per heavy atom. The van der Waals surface area contributed by atoms with Crippen LogP contribution in [0.1, 0.15) is 40.7 Å². The highest BCUT2D eigenvalue weighted by molar-refractivity contribution is 6.04. The van der Waals surface area contributed by atoms with Crippen molar-refractivity contribution < 1.29 is 9.59 Å². The first-order valence-electron chi connectivity index (χ1n) is 6.85. The maximum atomic E-state index is 12.2. The number of carbonyl (C=O) groups excluding carboxylic acids is 2. The van der Waals surface area contributed by atoms with Gasteiger partial charge in [0.05, 0.1) is 17.1 Å². The van der Waals surface area contributed by atoms with Crippen LogP contribution < -0.4 is 11.1 Å². The normalized spacial score (nSPS) is 10.6. The number of nitrogens with zero attached hydrogens (tertiary/aromatic N) is 2. The van der Waals surface area contributed by atoms with Crippen LogP contribution in [0.15, 0.2) is 24.5 Å². The van der Waals surface area contributed by atoms with Gasteiger partial charge in [-0.15, -0.1) is 0 Å². The molecular formula is C15H20N4O2. The van der Waals surface area contributed by atoms with Crippen molar-refractivity contribution in [3.05, 3.63) is 35.9 Å². The van der Waals surface area contributed by atoms with Gasteiger partial charge in [0, 0.05) is 32.9 Å². The van der Waals surface area contributed by atoms with Crippen LogP contribution in [0.2, 0.25) is 0 Å². The van der Waals surface area contributed by atoms with Gasteiger partial charge in [-0.05, 0) is 18.6 Å². The summed E-state index contributed by atoms with van der Waals surface area (Å²) in [4.78, 5) is 24.1. The average Bonchev–Trinajstić information content (AvgIpc) is 2.92. The Bertz CT molecular complexity index is 682. The van der Waals surface area contributed by atoms with E-state index in [1.165, 1.54) is 0 Å². The fraction of sp³-hybridized carbons (Fsp3) is 0.333. The van der Waals surface area contributed by atoms with Crippen LogP contribution in [-0.2, 0) is 14.1 Å². The monoisotopic (exact) mass is 288 g/mol. The number of ketones is 1. The van der Waals surface area contributed by atoms with Gasteiger partial charge in [0.15, 0.2) is 5.78 Å². The molecule has 112 valence electrons. The van der Waals surface area contributed by atoms with E-state index in [2.05, 4.69) is 5.32 Å². The predicted octanol–water partition coefficient (Wildman–Crippen LogP) is 2.18. The van der Waals surface area contributed by atoms with Crippen molar-refractivity contribution in [3.63, 3.8) is 0 Å². The zero-order chi connectivity index (χ0) is 15.6. The van der Waals surface area contributed by atoms with E-state index in [4.69, 9.17) is 5.73 Å². The number of nitrogens with two attached hydrogens (primary N) is 1. The predicted molar refractivity (Wildman–Crippen MR) is 82.4 cm³/mol. The highest BCUT2D eigenvalue weighted by Gasteiger charge is 2.15. The second-order valence-electron chi connectivity index (χ2n) is 5.12. The Morgan fingerprint density at radius 2 is 1.81 bits per heavy atom. The van der Waals surface area contributed by atoms with Gasteiger partial charge in [0.2, 0.25) is 0 Å². The zero-order valence-corrected chi connectivity index (χ0v) is 12.5. The second-order valence-corrected chi connectivity index (χ2v) is 5.12. The molecule has 0 bridgehead atoms. The fourth-order valence-corrected chi connectivity index (χ4v) is 2.28. The van der Waals surface area contributed by atoms with Crippen LogP contribution in [-0.4, -0.2) is 20.8 Å². The first kappa shape index (κ1) is 14.9. The maximum Gasteiger partial charge on any atom is 0.272 e. The van der Waals surface area contributed by atoms with Gasteiger partial charge in [-0.3, -0.25) is 9.59 Å². The molecule has 0 aliphatic carbocycles. The Kier molecular flexibility index (Phi) is 4.16. The molecule has 6 nitrogen and oxygen atoms in total. The first-order chi connectivity index (χ1) is 9.92. The lowest BCUT2D eigenvalue weighted by Crippen LogP contribution is -2.14. The Balaban J connectivity index is 2.17. The number of anilines is 2. The number of carbonyl (C=O) groups is 2. The number of hydrogen-bond donors (Lipinski definition) is 2. The molecule has 2 heterocycles. The van der Waals surface area contributed by atoms with Crippen molar-refractivity contribution >= 4 is 23.1 Å². The zero-order valence-electron chi connectivity index (χ0n) is 12.5. The van der Waals surface area contributed by atoms with E-state index in [1.54, 1.807) is 47.8 Å². The minimum Gasteiger partial charge on any atom is -0.397 e. The van der Waals surface area contributed by atoms with E-state index in [0.29, 0.717) is 29.2 Å². The molecule has 2 aromatic heterocycles. The van der Waals surface area contributed by atoms with Crippen LogP contribution in [0.3, 0.4) is 0 Å². The van der Waals surface area contributed by atoms with Crippen LogP contribution in [0.4, 0.5) is 11.4 Å². The van der Waals surface area contributed by atoms with Crippen molar-refractivity contribution in [2.75, 3.05) is 11.1 Å². The smallest absolute Gasteiger partial charge is 0.272 e. The Morgan fingerprint density at radius 3 is 2.38 bits per heavy atom. The third-order valence-electron chi connectivity index (χ3n) is 3.28. The van der Waals surface area contributed by atoms with E-state index < -0.39 is 0 Å². The van der Waals surface area contributed by atoms with E-state index in [-0.39, 0.29) is 11.7 Å². The van der Waals surface area contributed by atoms with Gasteiger partial charge in [0.25, 0.3) is 5.91 Å². The minimum absolute atomic E-state index is 0.0728. The molecule has 0 aromatic carbocycles. The van der Waals surface area contributed by atoms with Gasteiger partial charge >= 0.3 is 0 Å². The molecule has 0 aliphatic heterocycles. The first-order valence-corrected chi connectivity index (χ1v) is 6.85. The summed E-state index contributed by atoms with van der Waals surface area (Å²) in [6.45, 7) is 1.96. The van der Waals surface area contributed by atoms with Gasteiger partial charge in [-0.25, -0.2) is 0 Å². The largest absolute Gasteiger partial charge is 0.397 e. The summed E-state index contributed by atoms with van der Waals surface area (Å²) in [6, 6.07) is 3.31. The molecule has 3 N–H and O–H groups in total. The number of aryl methyl sites for hydroxylation is 2. The lowest BCUT2D eigenvalue weighted by atomic mass is 10.2. The number of aromatic nitrogens is 2. The van der Waals surface area contributed by atoms with Crippen molar-refractivity contribution in [1.29, 1.82) is 0 Å². The second kappa shape index (κ2) is 5.87. The summed E-state index contributed by atoms with van der Waals surface area (Å²) in [5.41, 5.74) is 7.86. The van der Waals surface area contributed by atoms with Crippen LogP contribution in [0, 0.1) is 0 Å². The SMILES string of the molecule is CCCC(=O)c1cc(NC(=O)c2cc(N)cn2C)cn1C. The van der Waals surface area contributed by atoms with Gasteiger partial charge < -0.3 is 20.2 Å². The molecular weight excluding hydrogens is 268 g/mol. The number of amides is 1. The standard InChI is InChI=1S/C15H20N4O2/c1-4-5-14(20)12-7-11(9-19(12)3)17-15(21)13-6-10(16)8-18(13)2/h6-9H,4-5,16H2,1-3H3,(H,17,21). The summed E-state index contributed by atoms with van der Waals surface area (Å²) in [6.07, 6.45) is 4.71. The van der Waals surface area contributed by atoms with Crippen molar-refractivity contribution in [3.8, 4) is 0 Å². The quantitative estimate of drug-likeness (QED) is 0.827. The van der Waals surface area contributed by atoms with E-state index >= 15 is 0 Å². The highest BCUT2D eigenvalue weighted by Crippen LogP contribution is 2.17. The highest BCUT2D eigenvalue weighted by atomic mass is 16.2. The number of hydrogen-bond acceptors (Lipinski definition) is 3. The molecule has 0 aliphatic rings. The molecule has 0 spiro atoms. The lowest BCUT2D eigenvalue weighted by Gasteiger charge is -2.03. The third-order valence-corrected chi connectivity index (χ3v) is 3.28. The fourth-order valence-electron chi connectivity index (χ4n) is 2.28. The van der Waals surface area contributed by atoms with Crippen molar-refractivity contribution in [1.82, 2.24) is 9.13 Å². The topological polar surface area (TPSA) is 82.1 Å². The molecule has 0 saturated carbocycles. The number of Topliss-reactive ketones (excluding diaryl/α,β-unsaturated/α-hetero) is 1. The van der Waals surface area contributed by atoms with Crippen LogP contribution in [0.5, 0.6) is 0 Å². The third kappa shape index (κ3) is 3.16. The molecule has 0 fully saturated rings.